The van der Waals surface area contributed by atoms with Gasteiger partial charge in [0, 0.05) is 11.6 Å². The normalized spacial score (nSPS) is 12.6. The molecule has 1 amide bonds. The minimum absolute atomic E-state index is 0.220. The Balaban J connectivity index is 2.07. The lowest BCUT2D eigenvalue weighted by Gasteiger charge is -2.20. The predicted octanol–water partition coefficient (Wildman–Crippen LogP) is 2.89. The molecular weight excluding hydrogens is 363 g/mol. The highest BCUT2D eigenvalue weighted by atomic mass is 35.5. The number of nitrogens with zero attached hydrogens (tertiary/aromatic N) is 2. The summed E-state index contributed by atoms with van der Waals surface area (Å²) in [6.45, 7) is -1.73. The highest BCUT2D eigenvalue weighted by molar-refractivity contribution is 6.30. The van der Waals surface area contributed by atoms with Crippen molar-refractivity contribution in [2.75, 3.05) is 13.2 Å². The highest BCUT2D eigenvalue weighted by Gasteiger charge is 2.30. The molecule has 0 aliphatic carbocycles. The van der Waals surface area contributed by atoms with E-state index in [2.05, 4.69) is 15.3 Å². The van der Waals surface area contributed by atoms with E-state index in [1.54, 1.807) is 12.1 Å². The third kappa shape index (κ3) is 6.20. The Kier molecular flexibility index (Phi) is 6.16. The van der Waals surface area contributed by atoms with Crippen LogP contribution in [0, 0.1) is 0 Å². The summed E-state index contributed by atoms with van der Waals surface area (Å²) in [6.07, 6.45) is -3.53. The van der Waals surface area contributed by atoms with Crippen molar-refractivity contribution in [2.45, 2.75) is 12.3 Å². The molecule has 2 rings (SSSR count). The maximum absolute atomic E-state index is 12.4. The zero-order valence-electron chi connectivity index (χ0n) is 12.6. The molecular formula is C15H13ClF3N3O3. The molecule has 25 heavy (non-hydrogen) atoms. The van der Waals surface area contributed by atoms with Gasteiger partial charge in [-0.2, -0.15) is 13.2 Å². The van der Waals surface area contributed by atoms with E-state index < -0.39 is 24.8 Å². The van der Waals surface area contributed by atoms with Gasteiger partial charge in [-0.25, -0.2) is 9.97 Å². The van der Waals surface area contributed by atoms with Gasteiger partial charge in [-0.1, -0.05) is 23.7 Å². The standard InChI is InChI=1S/C15H13ClF3N3O3/c16-10-3-1-2-9(4-10)12(25-8-15(17,18)19)7-22-14(24)13-20-5-11(23)6-21-13/h1-6,12,23H,7-8H2,(H,22,24). The third-order valence-corrected chi connectivity index (χ3v) is 3.19. The van der Waals surface area contributed by atoms with E-state index in [4.69, 9.17) is 21.4 Å². The number of amides is 1. The topological polar surface area (TPSA) is 84.3 Å². The number of hydrogen-bond donors (Lipinski definition) is 2. The van der Waals surface area contributed by atoms with Gasteiger partial charge in [-0.15, -0.1) is 0 Å². The summed E-state index contributed by atoms with van der Waals surface area (Å²) in [4.78, 5) is 19.2. The van der Waals surface area contributed by atoms with Gasteiger partial charge >= 0.3 is 6.18 Å². The fourth-order valence-corrected chi connectivity index (χ4v) is 2.08. The van der Waals surface area contributed by atoms with Crippen LogP contribution >= 0.6 is 11.6 Å². The Hall–Kier alpha value is -2.39. The zero-order valence-corrected chi connectivity index (χ0v) is 13.4. The Bertz CT molecular complexity index is 726. The van der Waals surface area contributed by atoms with Crippen molar-refractivity contribution >= 4 is 17.5 Å². The number of hydrogen-bond acceptors (Lipinski definition) is 5. The van der Waals surface area contributed by atoms with Gasteiger partial charge in [0.2, 0.25) is 5.82 Å². The van der Waals surface area contributed by atoms with Crippen molar-refractivity contribution in [3.05, 3.63) is 53.1 Å². The quantitative estimate of drug-likeness (QED) is 0.811. The van der Waals surface area contributed by atoms with Crippen LogP contribution in [0.1, 0.15) is 22.3 Å². The molecule has 1 heterocycles. The fraction of sp³-hybridized carbons (Fsp3) is 0.267. The molecule has 10 heteroatoms. The largest absolute Gasteiger partial charge is 0.505 e. The minimum atomic E-state index is -4.51. The van der Waals surface area contributed by atoms with Gasteiger partial charge in [-0.3, -0.25) is 4.79 Å². The fourth-order valence-electron chi connectivity index (χ4n) is 1.88. The first-order valence-corrected chi connectivity index (χ1v) is 7.35. The zero-order chi connectivity index (χ0) is 18.4. The van der Waals surface area contributed by atoms with Crippen LogP contribution < -0.4 is 5.32 Å². The number of alkyl halides is 3. The second kappa shape index (κ2) is 8.13. The smallest absolute Gasteiger partial charge is 0.411 e. The van der Waals surface area contributed by atoms with Crippen molar-refractivity contribution in [1.29, 1.82) is 0 Å². The summed E-state index contributed by atoms with van der Waals surface area (Å²) in [6, 6.07) is 6.11. The molecule has 0 spiro atoms. The molecule has 2 aromatic rings. The predicted molar refractivity (Wildman–Crippen MR) is 82.2 cm³/mol. The first kappa shape index (κ1) is 18.9. The number of aromatic hydroxyl groups is 1. The second-order valence-electron chi connectivity index (χ2n) is 4.94. The maximum atomic E-state index is 12.4. The van der Waals surface area contributed by atoms with E-state index in [9.17, 15) is 18.0 Å². The van der Waals surface area contributed by atoms with Gasteiger partial charge in [0.15, 0.2) is 5.75 Å². The first-order chi connectivity index (χ1) is 11.7. The lowest BCUT2D eigenvalue weighted by molar-refractivity contribution is -0.185. The van der Waals surface area contributed by atoms with Crippen molar-refractivity contribution in [1.82, 2.24) is 15.3 Å². The average Bonchev–Trinajstić information content (AvgIpc) is 2.54. The number of rotatable bonds is 6. The summed E-state index contributed by atoms with van der Waals surface area (Å²) >= 11 is 5.84. The molecule has 1 aromatic heterocycles. The van der Waals surface area contributed by atoms with E-state index >= 15 is 0 Å². The van der Waals surface area contributed by atoms with Gasteiger partial charge in [-0.05, 0) is 17.7 Å². The summed E-state index contributed by atoms with van der Waals surface area (Å²) in [7, 11) is 0. The summed E-state index contributed by atoms with van der Waals surface area (Å²) in [5.74, 6) is -1.18. The number of carbonyl (C=O) groups excluding carboxylic acids is 1. The van der Waals surface area contributed by atoms with Crippen LogP contribution in [-0.2, 0) is 4.74 Å². The van der Waals surface area contributed by atoms with Crippen LogP contribution in [0.2, 0.25) is 5.02 Å². The molecule has 6 nitrogen and oxygen atoms in total. The van der Waals surface area contributed by atoms with E-state index in [1.165, 1.54) is 12.1 Å². The van der Waals surface area contributed by atoms with Gasteiger partial charge in [0.1, 0.15) is 12.7 Å². The Morgan fingerprint density at radius 1 is 1.32 bits per heavy atom. The van der Waals surface area contributed by atoms with Gasteiger partial charge in [0.25, 0.3) is 5.91 Å². The number of ether oxygens (including phenoxy) is 1. The van der Waals surface area contributed by atoms with E-state index in [1.807, 2.05) is 0 Å². The molecule has 1 atom stereocenters. The van der Waals surface area contributed by atoms with Crippen molar-refractivity contribution in [3.8, 4) is 5.75 Å². The van der Waals surface area contributed by atoms with Crippen LogP contribution in [0.4, 0.5) is 13.2 Å². The van der Waals surface area contributed by atoms with Crippen LogP contribution in [0.15, 0.2) is 36.7 Å². The number of benzene rings is 1. The summed E-state index contributed by atoms with van der Waals surface area (Å²) in [5.41, 5.74) is 0.378. The number of nitrogens with one attached hydrogen (secondary N) is 1. The lowest BCUT2D eigenvalue weighted by Crippen LogP contribution is -2.32. The Labute approximate surface area is 145 Å². The molecule has 0 fully saturated rings. The SMILES string of the molecule is O=C(NCC(OCC(F)(F)F)c1cccc(Cl)c1)c1ncc(O)cn1. The monoisotopic (exact) mass is 375 g/mol. The molecule has 0 saturated carbocycles. The first-order valence-electron chi connectivity index (χ1n) is 6.97. The minimum Gasteiger partial charge on any atom is -0.505 e. The Morgan fingerprint density at radius 3 is 2.60 bits per heavy atom. The lowest BCUT2D eigenvalue weighted by atomic mass is 10.1. The van der Waals surface area contributed by atoms with Crippen LogP contribution in [-0.4, -0.2) is 40.3 Å². The Morgan fingerprint density at radius 2 is 2.00 bits per heavy atom. The van der Waals surface area contributed by atoms with Gasteiger partial charge in [0.05, 0.1) is 12.4 Å². The van der Waals surface area contributed by atoms with Gasteiger partial charge < -0.3 is 15.2 Å². The molecule has 0 bridgehead atoms. The van der Waals surface area contributed by atoms with E-state index in [0.29, 0.717) is 10.6 Å². The molecule has 0 radical (unpaired) electrons. The number of aromatic nitrogens is 2. The van der Waals surface area contributed by atoms with E-state index in [0.717, 1.165) is 12.4 Å². The molecule has 2 N–H and O–H groups in total. The van der Waals surface area contributed by atoms with Crippen molar-refractivity contribution in [3.63, 3.8) is 0 Å². The number of carbonyl (C=O) groups is 1. The second-order valence-corrected chi connectivity index (χ2v) is 5.38. The summed E-state index contributed by atoms with van der Waals surface area (Å²) in [5, 5.41) is 11.8. The van der Waals surface area contributed by atoms with Crippen LogP contribution in [0.25, 0.3) is 0 Å². The third-order valence-electron chi connectivity index (χ3n) is 2.96. The molecule has 0 aliphatic heterocycles. The molecule has 1 unspecified atom stereocenters. The molecule has 0 aliphatic rings. The highest BCUT2D eigenvalue weighted by Crippen LogP contribution is 2.24. The number of halogens is 4. The molecule has 1 aromatic carbocycles. The molecule has 0 saturated heterocycles. The van der Waals surface area contributed by atoms with Crippen molar-refractivity contribution in [2.24, 2.45) is 0 Å². The maximum Gasteiger partial charge on any atom is 0.411 e. The van der Waals surface area contributed by atoms with Crippen molar-refractivity contribution < 1.29 is 27.8 Å². The average molecular weight is 376 g/mol. The molecule has 134 valence electrons. The summed E-state index contributed by atoms with van der Waals surface area (Å²) < 4.78 is 42.2. The van der Waals surface area contributed by atoms with E-state index in [-0.39, 0.29) is 18.1 Å². The van der Waals surface area contributed by atoms with Crippen LogP contribution in [0.5, 0.6) is 5.75 Å². The van der Waals surface area contributed by atoms with Crippen LogP contribution in [0.3, 0.4) is 0 Å².